The second kappa shape index (κ2) is 12.1. The van der Waals surface area contributed by atoms with Crippen LogP contribution in [0.5, 0.6) is 11.5 Å². The highest BCUT2D eigenvalue weighted by Crippen LogP contribution is 2.28. The van der Waals surface area contributed by atoms with Gasteiger partial charge in [-0.1, -0.05) is 30.3 Å². The SMILES string of the molecule is COc1cc(C(C)=O)ccc1OCCCC(=O)NCCSCc1ccccc1. The number of nitrogens with one attached hydrogen (secondary N) is 1. The summed E-state index contributed by atoms with van der Waals surface area (Å²) < 4.78 is 10.9. The summed E-state index contributed by atoms with van der Waals surface area (Å²) in [5.41, 5.74) is 1.87. The second-order valence-electron chi connectivity index (χ2n) is 6.26. The summed E-state index contributed by atoms with van der Waals surface area (Å²) in [5, 5.41) is 2.93. The minimum atomic E-state index is -0.0246. The molecule has 150 valence electrons. The molecule has 0 aromatic heterocycles. The lowest BCUT2D eigenvalue weighted by molar-refractivity contribution is -0.121. The van der Waals surface area contributed by atoms with Crippen molar-refractivity contribution in [1.29, 1.82) is 0 Å². The van der Waals surface area contributed by atoms with E-state index in [1.807, 2.05) is 18.2 Å². The van der Waals surface area contributed by atoms with Gasteiger partial charge in [-0.25, -0.2) is 0 Å². The van der Waals surface area contributed by atoms with Crippen molar-refractivity contribution < 1.29 is 19.1 Å². The van der Waals surface area contributed by atoms with Crippen molar-refractivity contribution in [3.63, 3.8) is 0 Å². The summed E-state index contributed by atoms with van der Waals surface area (Å²) in [4.78, 5) is 23.3. The molecular formula is C22H27NO4S. The number of amides is 1. The molecule has 0 aliphatic carbocycles. The minimum Gasteiger partial charge on any atom is -0.493 e. The number of hydrogen-bond donors (Lipinski definition) is 1. The van der Waals surface area contributed by atoms with Crippen molar-refractivity contribution in [2.24, 2.45) is 0 Å². The van der Waals surface area contributed by atoms with Gasteiger partial charge in [0.15, 0.2) is 17.3 Å². The molecule has 0 aliphatic rings. The van der Waals surface area contributed by atoms with Gasteiger partial charge in [0.25, 0.3) is 0 Å². The molecular weight excluding hydrogens is 374 g/mol. The number of carbonyl (C=O) groups is 2. The Kier molecular flexibility index (Phi) is 9.42. The lowest BCUT2D eigenvalue weighted by Crippen LogP contribution is -2.25. The summed E-state index contributed by atoms with van der Waals surface area (Å²) in [5.74, 6) is 2.94. The molecule has 0 aliphatic heterocycles. The Labute approximate surface area is 170 Å². The molecule has 0 radical (unpaired) electrons. The van der Waals surface area contributed by atoms with Gasteiger partial charge < -0.3 is 14.8 Å². The van der Waals surface area contributed by atoms with Crippen LogP contribution in [0.15, 0.2) is 48.5 Å². The smallest absolute Gasteiger partial charge is 0.220 e. The quantitative estimate of drug-likeness (QED) is 0.428. The maximum atomic E-state index is 11.9. The predicted octanol–water partition coefficient (Wildman–Crippen LogP) is 4.11. The molecule has 0 atom stereocenters. The van der Waals surface area contributed by atoms with E-state index in [0.29, 0.717) is 43.1 Å². The fraction of sp³-hybridized carbons (Fsp3) is 0.364. The van der Waals surface area contributed by atoms with Crippen LogP contribution in [0.2, 0.25) is 0 Å². The van der Waals surface area contributed by atoms with Gasteiger partial charge in [0.1, 0.15) is 0 Å². The van der Waals surface area contributed by atoms with E-state index in [4.69, 9.17) is 9.47 Å². The Morgan fingerprint density at radius 2 is 1.86 bits per heavy atom. The van der Waals surface area contributed by atoms with Crippen LogP contribution >= 0.6 is 11.8 Å². The summed E-state index contributed by atoms with van der Waals surface area (Å²) >= 11 is 1.80. The van der Waals surface area contributed by atoms with Crippen molar-refractivity contribution in [1.82, 2.24) is 5.32 Å². The summed E-state index contributed by atoms with van der Waals surface area (Å²) in [6.45, 7) is 2.58. The number of rotatable bonds is 12. The normalized spacial score (nSPS) is 10.4. The van der Waals surface area contributed by atoms with Gasteiger partial charge in [-0.3, -0.25) is 9.59 Å². The van der Waals surface area contributed by atoms with E-state index < -0.39 is 0 Å². The Bertz CT molecular complexity index is 764. The van der Waals surface area contributed by atoms with Gasteiger partial charge in [-0.2, -0.15) is 11.8 Å². The number of methoxy groups -OCH3 is 1. The molecule has 0 spiro atoms. The number of thioether (sulfide) groups is 1. The highest BCUT2D eigenvalue weighted by atomic mass is 32.2. The van der Waals surface area contributed by atoms with E-state index >= 15 is 0 Å². The monoisotopic (exact) mass is 401 g/mol. The standard InChI is InChI=1S/C22H27NO4S/c1-17(24)19-10-11-20(21(15-19)26-2)27-13-6-9-22(25)23-12-14-28-16-18-7-4-3-5-8-18/h3-5,7-8,10-11,15H,6,9,12-14,16H2,1-2H3,(H,23,25). The fourth-order valence-corrected chi connectivity index (χ4v) is 3.35. The highest BCUT2D eigenvalue weighted by Gasteiger charge is 2.09. The van der Waals surface area contributed by atoms with Crippen LogP contribution in [0.4, 0.5) is 0 Å². The summed E-state index contributed by atoms with van der Waals surface area (Å²) in [6.07, 6.45) is 1.03. The zero-order valence-electron chi connectivity index (χ0n) is 16.4. The summed E-state index contributed by atoms with van der Waals surface area (Å²) in [7, 11) is 1.54. The first-order valence-corrected chi connectivity index (χ1v) is 10.5. The third kappa shape index (κ3) is 7.64. The molecule has 2 rings (SSSR count). The largest absolute Gasteiger partial charge is 0.493 e. The average molecular weight is 402 g/mol. The van der Waals surface area contributed by atoms with Crippen molar-refractivity contribution in [3.8, 4) is 11.5 Å². The van der Waals surface area contributed by atoms with Gasteiger partial charge in [-0.15, -0.1) is 0 Å². The first kappa shape index (κ1) is 21.8. The molecule has 28 heavy (non-hydrogen) atoms. The Morgan fingerprint density at radius 3 is 2.57 bits per heavy atom. The molecule has 1 amide bonds. The van der Waals surface area contributed by atoms with Crippen molar-refractivity contribution >= 4 is 23.5 Å². The number of benzene rings is 2. The van der Waals surface area contributed by atoms with Crippen molar-refractivity contribution in [2.45, 2.75) is 25.5 Å². The third-order valence-electron chi connectivity index (χ3n) is 4.06. The van der Waals surface area contributed by atoms with Crippen LogP contribution in [0, 0.1) is 0 Å². The molecule has 0 bridgehead atoms. The molecule has 5 nitrogen and oxygen atoms in total. The van der Waals surface area contributed by atoms with Gasteiger partial charge >= 0.3 is 0 Å². The van der Waals surface area contributed by atoms with Crippen LogP contribution in [-0.2, 0) is 10.5 Å². The van der Waals surface area contributed by atoms with Gasteiger partial charge in [0.2, 0.25) is 5.91 Å². The van der Waals surface area contributed by atoms with Crippen molar-refractivity contribution in [3.05, 3.63) is 59.7 Å². The lowest BCUT2D eigenvalue weighted by Gasteiger charge is -2.11. The topological polar surface area (TPSA) is 64.6 Å². The van der Waals surface area contributed by atoms with Crippen LogP contribution in [0.3, 0.4) is 0 Å². The molecule has 2 aromatic rings. The molecule has 0 fully saturated rings. The van der Waals surface area contributed by atoms with Gasteiger partial charge in [-0.05, 0) is 37.1 Å². The molecule has 0 saturated heterocycles. The third-order valence-corrected chi connectivity index (χ3v) is 5.09. The zero-order chi connectivity index (χ0) is 20.2. The number of Topliss-reactive ketones (excluding diaryl/α,β-unsaturated/α-hetero) is 1. The number of carbonyl (C=O) groups excluding carboxylic acids is 2. The van der Waals surface area contributed by atoms with E-state index in [0.717, 1.165) is 11.5 Å². The molecule has 0 saturated carbocycles. The number of ether oxygens (including phenoxy) is 2. The van der Waals surface area contributed by atoms with E-state index in [2.05, 4.69) is 17.4 Å². The summed E-state index contributed by atoms with van der Waals surface area (Å²) in [6, 6.07) is 15.4. The van der Waals surface area contributed by atoms with E-state index in [1.165, 1.54) is 19.6 Å². The molecule has 2 aromatic carbocycles. The first-order valence-electron chi connectivity index (χ1n) is 9.30. The predicted molar refractivity (Wildman–Crippen MR) is 113 cm³/mol. The highest BCUT2D eigenvalue weighted by molar-refractivity contribution is 7.98. The maximum absolute atomic E-state index is 11.9. The maximum Gasteiger partial charge on any atom is 0.220 e. The Morgan fingerprint density at radius 1 is 1.07 bits per heavy atom. The molecule has 6 heteroatoms. The Balaban J connectivity index is 1.59. The first-order chi connectivity index (χ1) is 13.6. The van der Waals surface area contributed by atoms with Gasteiger partial charge in [0.05, 0.1) is 13.7 Å². The second-order valence-corrected chi connectivity index (χ2v) is 7.37. The van der Waals surface area contributed by atoms with Crippen LogP contribution in [0.1, 0.15) is 35.7 Å². The molecule has 1 N–H and O–H groups in total. The van der Waals surface area contributed by atoms with E-state index in [1.54, 1.807) is 30.0 Å². The number of hydrogen-bond acceptors (Lipinski definition) is 5. The number of ketones is 1. The van der Waals surface area contributed by atoms with Crippen LogP contribution < -0.4 is 14.8 Å². The van der Waals surface area contributed by atoms with Crippen LogP contribution in [-0.4, -0.2) is 37.7 Å². The Hall–Kier alpha value is -2.47. The van der Waals surface area contributed by atoms with Crippen molar-refractivity contribution in [2.75, 3.05) is 26.0 Å². The van der Waals surface area contributed by atoms with Gasteiger partial charge in [0, 0.05) is 30.0 Å². The lowest BCUT2D eigenvalue weighted by atomic mass is 10.1. The fourth-order valence-electron chi connectivity index (χ4n) is 2.54. The molecule has 0 heterocycles. The van der Waals surface area contributed by atoms with E-state index in [9.17, 15) is 9.59 Å². The van der Waals surface area contributed by atoms with Crippen LogP contribution in [0.25, 0.3) is 0 Å². The average Bonchev–Trinajstić information content (AvgIpc) is 2.71. The molecule has 0 unspecified atom stereocenters. The van der Waals surface area contributed by atoms with E-state index in [-0.39, 0.29) is 11.7 Å². The minimum absolute atomic E-state index is 0.0246. The zero-order valence-corrected chi connectivity index (χ0v) is 17.2.